The molecule has 0 aliphatic heterocycles. The van der Waals surface area contributed by atoms with Crippen molar-refractivity contribution in [3.8, 4) is 0 Å². The van der Waals surface area contributed by atoms with E-state index in [0.29, 0.717) is 22.1 Å². The van der Waals surface area contributed by atoms with Crippen LogP contribution in [-0.2, 0) is 17.0 Å². The number of carbonyl (C=O) groups excluding carboxylic acids is 2. The van der Waals surface area contributed by atoms with Gasteiger partial charge in [-0.25, -0.2) is 9.97 Å². The lowest BCUT2D eigenvalue weighted by Crippen LogP contribution is -2.15. The quantitative estimate of drug-likeness (QED) is 0.604. The van der Waals surface area contributed by atoms with Crippen molar-refractivity contribution in [2.45, 2.75) is 17.1 Å². The number of aromatic nitrogens is 2. The summed E-state index contributed by atoms with van der Waals surface area (Å²) in [5, 5.41) is 6.92. The predicted molar refractivity (Wildman–Crippen MR) is 101 cm³/mol. The summed E-state index contributed by atoms with van der Waals surface area (Å²) >= 11 is 4.38. The molecule has 9 heteroatoms. The van der Waals surface area contributed by atoms with E-state index in [9.17, 15) is 9.59 Å². The van der Waals surface area contributed by atoms with Crippen molar-refractivity contribution in [2.24, 2.45) is 5.73 Å². The van der Waals surface area contributed by atoms with Crippen molar-refractivity contribution < 1.29 is 9.59 Å². The minimum Gasteiger partial charge on any atom is -0.369 e. The van der Waals surface area contributed by atoms with Gasteiger partial charge in [0, 0.05) is 21.4 Å². The number of amides is 2. The maximum absolute atomic E-state index is 12.6. The average molecular weight is 391 g/mol. The Bertz CT molecular complexity index is 877. The highest BCUT2D eigenvalue weighted by Crippen LogP contribution is 2.27. The van der Waals surface area contributed by atoms with Crippen molar-refractivity contribution in [2.75, 3.05) is 5.32 Å². The Kier molecular flexibility index (Phi) is 5.79. The van der Waals surface area contributed by atoms with Crippen LogP contribution in [0.25, 0.3) is 0 Å². The van der Waals surface area contributed by atoms with E-state index < -0.39 is 5.91 Å². The van der Waals surface area contributed by atoms with Gasteiger partial charge in [-0.2, -0.15) is 0 Å². The lowest BCUT2D eigenvalue weighted by molar-refractivity contribution is -0.117. The molecule has 0 saturated carbocycles. The summed E-state index contributed by atoms with van der Waals surface area (Å²) in [6.07, 6.45) is 0.0620. The number of primary amides is 1. The maximum Gasteiger partial charge on any atom is 0.258 e. The number of nitrogens with two attached hydrogens (primary N) is 1. The summed E-state index contributed by atoms with van der Waals surface area (Å²) in [5.41, 5.74) is 9.06. The molecule has 0 aliphatic carbocycles. The zero-order valence-electron chi connectivity index (χ0n) is 13.0. The first-order valence-corrected chi connectivity index (χ1v) is 10.1. The summed E-state index contributed by atoms with van der Waals surface area (Å²) in [6, 6.07) is 7.40. The van der Waals surface area contributed by atoms with Gasteiger partial charge >= 0.3 is 0 Å². The molecule has 0 atom stereocenters. The van der Waals surface area contributed by atoms with Gasteiger partial charge in [-0.1, -0.05) is 12.1 Å². The minimum absolute atomic E-state index is 0.0620. The molecule has 0 fully saturated rings. The van der Waals surface area contributed by atoms with Crippen LogP contribution in [0.15, 0.2) is 45.4 Å². The summed E-state index contributed by atoms with van der Waals surface area (Å²) < 4.78 is 0. The number of benzene rings is 1. The molecule has 25 heavy (non-hydrogen) atoms. The smallest absolute Gasteiger partial charge is 0.258 e. The first-order valence-electron chi connectivity index (χ1n) is 7.25. The van der Waals surface area contributed by atoms with Gasteiger partial charge in [0.05, 0.1) is 28.9 Å². The van der Waals surface area contributed by atoms with E-state index >= 15 is 0 Å². The fourth-order valence-corrected chi connectivity index (χ4v) is 4.35. The van der Waals surface area contributed by atoms with Crippen molar-refractivity contribution in [3.63, 3.8) is 0 Å². The Morgan fingerprint density at radius 2 is 2.04 bits per heavy atom. The van der Waals surface area contributed by atoms with E-state index in [0.717, 1.165) is 10.6 Å². The lowest BCUT2D eigenvalue weighted by Gasteiger charge is -2.08. The molecule has 2 aromatic heterocycles. The Balaban J connectivity index is 1.69. The Labute approximate surface area is 156 Å². The Morgan fingerprint density at radius 3 is 2.80 bits per heavy atom. The van der Waals surface area contributed by atoms with Crippen LogP contribution in [-0.4, -0.2) is 21.8 Å². The number of thiazole rings is 2. The molecule has 3 rings (SSSR count). The number of carbonyl (C=O) groups is 2. The van der Waals surface area contributed by atoms with E-state index in [2.05, 4.69) is 15.3 Å². The second-order valence-electron chi connectivity index (χ2n) is 5.01. The molecule has 2 heterocycles. The van der Waals surface area contributed by atoms with Crippen molar-refractivity contribution >= 4 is 51.4 Å². The molecule has 0 radical (unpaired) electrons. The van der Waals surface area contributed by atoms with E-state index in [1.165, 1.54) is 11.3 Å². The third kappa shape index (κ3) is 4.88. The van der Waals surface area contributed by atoms with Crippen LogP contribution in [0.2, 0.25) is 0 Å². The minimum atomic E-state index is -0.452. The van der Waals surface area contributed by atoms with Gasteiger partial charge in [0.2, 0.25) is 5.91 Å². The first-order chi connectivity index (χ1) is 12.1. The number of hydrogen-bond acceptors (Lipinski definition) is 7. The topological polar surface area (TPSA) is 98.0 Å². The van der Waals surface area contributed by atoms with Gasteiger partial charge in [0.25, 0.3) is 5.91 Å². The predicted octanol–water partition coefficient (Wildman–Crippen LogP) is 3.17. The second-order valence-corrected chi connectivity index (χ2v) is 7.60. The standard InChI is InChI=1S/C16H14N4O2S3/c17-14(21)5-10-7-25-16(19-10)20-15(22)12-3-1-2-4-13(12)24-8-11-6-23-9-18-11/h1-4,6-7,9H,5,8H2,(H2,17,21)(H,19,20,22). The molecule has 0 aliphatic rings. The molecule has 128 valence electrons. The van der Waals surface area contributed by atoms with Gasteiger partial charge in [-0.3, -0.25) is 14.9 Å². The number of nitrogens with one attached hydrogen (secondary N) is 1. The molecule has 3 aromatic rings. The molecule has 0 saturated heterocycles. The molecule has 0 spiro atoms. The van der Waals surface area contributed by atoms with E-state index in [-0.39, 0.29) is 12.3 Å². The van der Waals surface area contributed by atoms with Crippen LogP contribution in [0.4, 0.5) is 5.13 Å². The van der Waals surface area contributed by atoms with Crippen molar-refractivity contribution in [1.29, 1.82) is 0 Å². The highest BCUT2D eigenvalue weighted by molar-refractivity contribution is 7.98. The second kappa shape index (κ2) is 8.24. The Morgan fingerprint density at radius 1 is 1.20 bits per heavy atom. The number of anilines is 1. The molecule has 0 unspecified atom stereocenters. The van der Waals surface area contributed by atoms with E-state index in [4.69, 9.17) is 5.73 Å². The summed E-state index contributed by atoms with van der Waals surface area (Å²) in [6.45, 7) is 0. The molecule has 0 bridgehead atoms. The van der Waals surface area contributed by atoms with Gasteiger partial charge in [-0.05, 0) is 12.1 Å². The van der Waals surface area contributed by atoms with Crippen molar-refractivity contribution in [3.05, 3.63) is 57.5 Å². The number of hydrogen-bond donors (Lipinski definition) is 2. The van der Waals surface area contributed by atoms with Gasteiger partial charge in [0.1, 0.15) is 0 Å². The monoisotopic (exact) mass is 390 g/mol. The van der Waals surface area contributed by atoms with Crippen LogP contribution in [0.5, 0.6) is 0 Å². The van der Waals surface area contributed by atoms with Crippen LogP contribution in [0.3, 0.4) is 0 Å². The summed E-state index contributed by atoms with van der Waals surface area (Å²) in [4.78, 5) is 32.8. The highest BCUT2D eigenvalue weighted by atomic mass is 32.2. The summed E-state index contributed by atoms with van der Waals surface area (Å²) in [5.74, 6) is 0.0154. The zero-order chi connectivity index (χ0) is 17.6. The zero-order valence-corrected chi connectivity index (χ0v) is 15.4. The third-order valence-corrected chi connectivity index (χ3v) is 5.67. The first kappa shape index (κ1) is 17.6. The normalized spacial score (nSPS) is 10.6. The number of thioether (sulfide) groups is 1. The SMILES string of the molecule is NC(=O)Cc1csc(NC(=O)c2ccccc2SCc2cscn2)n1. The molecule has 6 nitrogen and oxygen atoms in total. The third-order valence-electron chi connectivity index (χ3n) is 3.12. The lowest BCUT2D eigenvalue weighted by atomic mass is 10.2. The van der Waals surface area contributed by atoms with Crippen LogP contribution >= 0.6 is 34.4 Å². The van der Waals surface area contributed by atoms with E-state index in [1.807, 2.05) is 23.6 Å². The maximum atomic E-state index is 12.6. The van der Waals surface area contributed by atoms with Crippen LogP contribution in [0.1, 0.15) is 21.7 Å². The Hall–Kier alpha value is -2.23. The molecule has 1 aromatic carbocycles. The number of rotatable bonds is 7. The van der Waals surface area contributed by atoms with Crippen molar-refractivity contribution in [1.82, 2.24) is 9.97 Å². The average Bonchev–Trinajstić information content (AvgIpc) is 3.24. The van der Waals surface area contributed by atoms with Gasteiger partial charge in [-0.15, -0.1) is 34.4 Å². The van der Waals surface area contributed by atoms with Gasteiger partial charge < -0.3 is 5.73 Å². The molecular weight excluding hydrogens is 376 g/mol. The summed E-state index contributed by atoms with van der Waals surface area (Å²) in [7, 11) is 0. The highest BCUT2D eigenvalue weighted by Gasteiger charge is 2.14. The van der Waals surface area contributed by atoms with E-state index in [1.54, 1.807) is 40.1 Å². The van der Waals surface area contributed by atoms with Gasteiger partial charge in [0.15, 0.2) is 5.13 Å². The largest absolute Gasteiger partial charge is 0.369 e. The van der Waals surface area contributed by atoms with Crippen LogP contribution in [0, 0.1) is 0 Å². The molecule has 2 amide bonds. The molecular formula is C16H14N4O2S3. The van der Waals surface area contributed by atoms with Crippen LogP contribution < -0.4 is 11.1 Å². The fraction of sp³-hybridized carbons (Fsp3) is 0.125. The fourth-order valence-electron chi connectivity index (χ4n) is 2.03. The molecule has 3 N–H and O–H groups in total. The number of nitrogens with zero attached hydrogens (tertiary/aromatic N) is 2.